The molecular weight excluding hydrogens is 268 g/mol. The van der Waals surface area contributed by atoms with Gasteiger partial charge in [0, 0.05) is 12.2 Å². The zero-order valence-corrected chi connectivity index (χ0v) is 12.1. The summed E-state index contributed by atoms with van der Waals surface area (Å²) in [5.74, 6) is 0.980. The summed E-state index contributed by atoms with van der Waals surface area (Å²) in [6, 6.07) is 5.08. The van der Waals surface area contributed by atoms with Gasteiger partial charge in [0.1, 0.15) is 0 Å². The Labute approximate surface area is 117 Å². The number of unbranched alkanes of at least 4 members (excludes halogenated alkanes) is 2. The standard InChI is InChI=1S/C13H19ClN2OS/c1-18-9-4-2-3-8-16-13(17)12-10(14)6-5-7-11(12)15/h5-7H,2-4,8-9,15H2,1H3,(H,16,17). The molecule has 0 radical (unpaired) electrons. The van der Waals surface area contributed by atoms with Crippen LogP contribution in [0.15, 0.2) is 18.2 Å². The number of nitrogens with one attached hydrogen (secondary N) is 1. The highest BCUT2D eigenvalue weighted by Gasteiger charge is 2.12. The minimum Gasteiger partial charge on any atom is -0.398 e. The predicted octanol–water partition coefficient (Wildman–Crippen LogP) is 3.19. The van der Waals surface area contributed by atoms with Crippen LogP contribution in [0, 0.1) is 0 Å². The summed E-state index contributed by atoms with van der Waals surface area (Å²) in [6.45, 7) is 0.665. The summed E-state index contributed by atoms with van der Waals surface area (Å²) in [7, 11) is 0. The minimum atomic E-state index is -0.192. The summed E-state index contributed by atoms with van der Waals surface area (Å²) in [4.78, 5) is 11.9. The van der Waals surface area contributed by atoms with E-state index in [-0.39, 0.29) is 5.91 Å². The lowest BCUT2D eigenvalue weighted by Gasteiger charge is -2.08. The maximum Gasteiger partial charge on any atom is 0.254 e. The molecule has 0 saturated carbocycles. The van der Waals surface area contributed by atoms with E-state index in [1.54, 1.807) is 18.2 Å². The van der Waals surface area contributed by atoms with E-state index in [1.165, 1.54) is 12.2 Å². The lowest BCUT2D eigenvalue weighted by molar-refractivity contribution is 0.0954. The number of hydrogen-bond acceptors (Lipinski definition) is 3. The number of carbonyl (C=O) groups is 1. The highest BCUT2D eigenvalue weighted by atomic mass is 35.5. The predicted molar refractivity (Wildman–Crippen MR) is 80.4 cm³/mol. The Kier molecular flexibility index (Phi) is 6.98. The first-order valence-corrected chi connectivity index (χ1v) is 7.75. The van der Waals surface area contributed by atoms with Gasteiger partial charge in [-0.3, -0.25) is 4.79 Å². The van der Waals surface area contributed by atoms with E-state index in [4.69, 9.17) is 17.3 Å². The van der Waals surface area contributed by atoms with E-state index in [2.05, 4.69) is 11.6 Å². The van der Waals surface area contributed by atoms with E-state index in [1.807, 2.05) is 11.8 Å². The van der Waals surface area contributed by atoms with Crippen LogP contribution < -0.4 is 11.1 Å². The third-order valence-corrected chi connectivity index (χ3v) is 3.60. The van der Waals surface area contributed by atoms with Crippen molar-refractivity contribution < 1.29 is 4.79 Å². The molecule has 0 aliphatic carbocycles. The SMILES string of the molecule is CSCCCCCNC(=O)c1c(N)cccc1Cl. The fraction of sp³-hybridized carbons (Fsp3) is 0.462. The molecule has 5 heteroatoms. The number of anilines is 1. The van der Waals surface area contributed by atoms with Crippen molar-refractivity contribution in [2.75, 3.05) is 24.3 Å². The molecule has 0 aliphatic rings. The molecule has 1 aromatic rings. The van der Waals surface area contributed by atoms with Crippen LogP contribution >= 0.6 is 23.4 Å². The molecule has 0 atom stereocenters. The van der Waals surface area contributed by atoms with Gasteiger partial charge < -0.3 is 11.1 Å². The van der Waals surface area contributed by atoms with Gasteiger partial charge >= 0.3 is 0 Å². The Morgan fingerprint density at radius 3 is 2.83 bits per heavy atom. The maximum absolute atomic E-state index is 11.9. The van der Waals surface area contributed by atoms with Crippen molar-refractivity contribution in [3.63, 3.8) is 0 Å². The van der Waals surface area contributed by atoms with Crippen LogP contribution in [0.25, 0.3) is 0 Å². The second-order valence-corrected chi connectivity index (χ2v) is 5.41. The quantitative estimate of drug-likeness (QED) is 0.598. The molecule has 0 heterocycles. The van der Waals surface area contributed by atoms with Gasteiger partial charge in [0.2, 0.25) is 0 Å². The summed E-state index contributed by atoms with van der Waals surface area (Å²) in [5, 5.41) is 3.25. The normalized spacial score (nSPS) is 10.3. The first-order valence-electron chi connectivity index (χ1n) is 5.98. The molecule has 18 heavy (non-hydrogen) atoms. The first-order chi connectivity index (χ1) is 8.66. The van der Waals surface area contributed by atoms with Gasteiger partial charge in [0.15, 0.2) is 0 Å². The Hall–Kier alpha value is -0.870. The van der Waals surface area contributed by atoms with Crippen LogP contribution in [-0.2, 0) is 0 Å². The zero-order chi connectivity index (χ0) is 13.4. The van der Waals surface area contributed by atoms with E-state index in [0.29, 0.717) is 22.8 Å². The number of carbonyl (C=O) groups excluding carboxylic acids is 1. The van der Waals surface area contributed by atoms with Gasteiger partial charge in [-0.2, -0.15) is 11.8 Å². The molecule has 100 valence electrons. The van der Waals surface area contributed by atoms with Crippen LogP contribution in [0.5, 0.6) is 0 Å². The minimum absolute atomic E-state index is 0.192. The largest absolute Gasteiger partial charge is 0.398 e. The molecular formula is C13H19ClN2OS. The van der Waals surface area contributed by atoms with Crippen molar-refractivity contribution in [1.29, 1.82) is 0 Å². The van der Waals surface area contributed by atoms with Crippen molar-refractivity contribution in [3.8, 4) is 0 Å². The third-order valence-electron chi connectivity index (χ3n) is 2.58. The van der Waals surface area contributed by atoms with Crippen LogP contribution in [-0.4, -0.2) is 24.5 Å². The zero-order valence-electron chi connectivity index (χ0n) is 10.5. The molecule has 3 N–H and O–H groups in total. The van der Waals surface area contributed by atoms with E-state index < -0.39 is 0 Å². The number of benzene rings is 1. The van der Waals surface area contributed by atoms with Gasteiger partial charge in [-0.25, -0.2) is 0 Å². The topological polar surface area (TPSA) is 55.1 Å². The number of thioether (sulfide) groups is 1. The van der Waals surface area contributed by atoms with Crippen LogP contribution in [0.4, 0.5) is 5.69 Å². The molecule has 1 amide bonds. The van der Waals surface area contributed by atoms with Gasteiger partial charge in [-0.1, -0.05) is 24.1 Å². The molecule has 0 unspecified atom stereocenters. The van der Waals surface area contributed by atoms with Crippen LogP contribution in [0.1, 0.15) is 29.6 Å². The number of nitrogens with two attached hydrogens (primary N) is 1. The Balaban J connectivity index is 2.37. The number of rotatable bonds is 7. The molecule has 0 bridgehead atoms. The van der Waals surface area contributed by atoms with Crippen molar-refractivity contribution in [2.24, 2.45) is 0 Å². The van der Waals surface area contributed by atoms with Gasteiger partial charge in [0.25, 0.3) is 5.91 Å². The third kappa shape index (κ3) is 4.78. The van der Waals surface area contributed by atoms with E-state index >= 15 is 0 Å². The maximum atomic E-state index is 11.9. The van der Waals surface area contributed by atoms with Crippen molar-refractivity contribution in [3.05, 3.63) is 28.8 Å². The molecule has 0 aromatic heterocycles. The van der Waals surface area contributed by atoms with Crippen molar-refractivity contribution >= 4 is 35.0 Å². The first kappa shape index (κ1) is 15.2. The summed E-state index contributed by atoms with van der Waals surface area (Å²) in [5.41, 5.74) is 6.54. The lowest BCUT2D eigenvalue weighted by Crippen LogP contribution is -2.25. The fourth-order valence-corrected chi connectivity index (χ4v) is 2.38. The molecule has 1 aromatic carbocycles. The molecule has 0 fully saturated rings. The van der Waals surface area contributed by atoms with Gasteiger partial charge in [-0.15, -0.1) is 0 Å². The summed E-state index contributed by atoms with van der Waals surface area (Å²) >= 11 is 7.81. The number of nitrogen functional groups attached to an aromatic ring is 1. The van der Waals surface area contributed by atoms with Crippen LogP contribution in [0.3, 0.4) is 0 Å². The van der Waals surface area contributed by atoms with Crippen LogP contribution in [0.2, 0.25) is 5.02 Å². The highest BCUT2D eigenvalue weighted by Crippen LogP contribution is 2.21. The average molecular weight is 287 g/mol. The summed E-state index contributed by atoms with van der Waals surface area (Å²) in [6.07, 6.45) is 5.39. The number of halogens is 1. The molecule has 0 saturated heterocycles. The van der Waals surface area contributed by atoms with Gasteiger partial charge in [0.05, 0.1) is 10.6 Å². The Bertz CT molecular complexity index is 378. The smallest absolute Gasteiger partial charge is 0.254 e. The second-order valence-electron chi connectivity index (χ2n) is 4.01. The second kappa shape index (κ2) is 8.27. The van der Waals surface area contributed by atoms with Crippen molar-refractivity contribution in [2.45, 2.75) is 19.3 Å². The van der Waals surface area contributed by atoms with E-state index in [0.717, 1.165) is 12.8 Å². The molecule has 1 rings (SSSR count). The molecule has 3 nitrogen and oxygen atoms in total. The molecule has 0 aliphatic heterocycles. The van der Waals surface area contributed by atoms with Crippen molar-refractivity contribution in [1.82, 2.24) is 5.32 Å². The average Bonchev–Trinajstić information content (AvgIpc) is 2.33. The van der Waals surface area contributed by atoms with E-state index in [9.17, 15) is 4.79 Å². The highest BCUT2D eigenvalue weighted by molar-refractivity contribution is 7.98. The fourth-order valence-electron chi connectivity index (χ4n) is 1.62. The van der Waals surface area contributed by atoms with Gasteiger partial charge in [-0.05, 0) is 37.0 Å². The Morgan fingerprint density at radius 2 is 2.17 bits per heavy atom. The number of hydrogen-bond donors (Lipinski definition) is 2. The Morgan fingerprint density at radius 1 is 1.39 bits per heavy atom. The monoisotopic (exact) mass is 286 g/mol. The number of amides is 1. The molecule has 0 spiro atoms. The summed E-state index contributed by atoms with van der Waals surface area (Å²) < 4.78 is 0. The lowest BCUT2D eigenvalue weighted by atomic mass is 10.1.